The molecule has 0 aliphatic heterocycles. The van der Waals surface area contributed by atoms with E-state index in [9.17, 15) is 9.59 Å². The van der Waals surface area contributed by atoms with Gasteiger partial charge in [-0.3, -0.25) is 14.5 Å². The maximum Gasteiger partial charge on any atom is 0.306 e. The molecule has 6 heteroatoms. The van der Waals surface area contributed by atoms with Crippen molar-refractivity contribution in [2.75, 3.05) is 4.90 Å². The van der Waals surface area contributed by atoms with Crippen LogP contribution in [0.2, 0.25) is 0 Å². The molecule has 0 radical (unpaired) electrons. The molecular formula is C23H28N2O3S. The summed E-state index contributed by atoms with van der Waals surface area (Å²) in [4.78, 5) is 30.7. The molecule has 2 aromatic rings. The van der Waals surface area contributed by atoms with Crippen LogP contribution >= 0.6 is 11.3 Å². The Morgan fingerprint density at radius 2 is 2.03 bits per heavy atom. The quantitative estimate of drug-likeness (QED) is 0.603. The first-order valence-electron chi connectivity index (χ1n) is 10.4. The van der Waals surface area contributed by atoms with Crippen molar-refractivity contribution >= 4 is 34.0 Å². The zero-order chi connectivity index (χ0) is 20.5. The van der Waals surface area contributed by atoms with Crippen LogP contribution in [0.4, 0.5) is 10.8 Å². The second-order valence-electron chi connectivity index (χ2n) is 8.54. The van der Waals surface area contributed by atoms with E-state index in [0.29, 0.717) is 23.2 Å². The van der Waals surface area contributed by atoms with E-state index in [1.807, 2.05) is 37.4 Å². The van der Waals surface area contributed by atoms with Crippen LogP contribution in [0.3, 0.4) is 0 Å². The van der Waals surface area contributed by atoms with Crippen LogP contribution in [0, 0.1) is 31.6 Å². The number of esters is 1. The van der Waals surface area contributed by atoms with Crippen molar-refractivity contribution in [3.63, 3.8) is 0 Å². The minimum Gasteiger partial charge on any atom is -0.459 e. The summed E-state index contributed by atoms with van der Waals surface area (Å²) < 4.78 is 5.49. The van der Waals surface area contributed by atoms with E-state index in [0.717, 1.165) is 23.1 Å². The first-order chi connectivity index (χ1) is 13.9. The van der Waals surface area contributed by atoms with Gasteiger partial charge in [0.25, 0.3) is 0 Å². The number of rotatable bonds is 6. The fraction of sp³-hybridized carbons (Fsp3) is 0.522. The first kappa shape index (κ1) is 20.1. The Bertz CT molecular complexity index is 923. The number of carbonyl (C=O) groups excluding carboxylic acids is 2. The summed E-state index contributed by atoms with van der Waals surface area (Å²) in [6.07, 6.45) is 5.62. The Morgan fingerprint density at radius 3 is 2.69 bits per heavy atom. The van der Waals surface area contributed by atoms with Gasteiger partial charge in [-0.25, -0.2) is 4.98 Å². The van der Waals surface area contributed by atoms with Crippen LogP contribution in [0.15, 0.2) is 23.6 Å². The molecule has 0 N–H and O–H groups in total. The van der Waals surface area contributed by atoms with Crippen molar-refractivity contribution in [3.05, 3.63) is 40.4 Å². The van der Waals surface area contributed by atoms with Gasteiger partial charge < -0.3 is 4.74 Å². The Kier molecular flexibility index (Phi) is 5.72. The fourth-order valence-electron chi connectivity index (χ4n) is 4.81. The van der Waals surface area contributed by atoms with E-state index in [1.165, 1.54) is 49.5 Å². The Labute approximate surface area is 176 Å². The highest BCUT2D eigenvalue weighted by atomic mass is 32.1. The van der Waals surface area contributed by atoms with Crippen molar-refractivity contribution in [3.8, 4) is 0 Å². The number of aromatic nitrogens is 1. The van der Waals surface area contributed by atoms with Crippen LogP contribution in [-0.2, 0) is 20.9 Å². The lowest BCUT2D eigenvalue weighted by Gasteiger charge is -2.20. The number of anilines is 2. The fourth-order valence-corrected chi connectivity index (χ4v) is 5.68. The topological polar surface area (TPSA) is 59.5 Å². The third-order valence-corrected chi connectivity index (χ3v) is 7.36. The van der Waals surface area contributed by atoms with Crippen LogP contribution < -0.4 is 4.90 Å². The number of fused-ring (bicyclic) bond motifs is 2. The molecule has 0 saturated heterocycles. The number of aryl methyl sites for hydroxylation is 2. The number of amides is 1. The second-order valence-corrected chi connectivity index (χ2v) is 9.38. The van der Waals surface area contributed by atoms with Crippen molar-refractivity contribution in [2.45, 2.75) is 59.5 Å². The van der Waals surface area contributed by atoms with E-state index >= 15 is 0 Å². The predicted molar refractivity (Wildman–Crippen MR) is 114 cm³/mol. The Balaban J connectivity index is 1.38. The largest absolute Gasteiger partial charge is 0.459 e. The Hall–Kier alpha value is -2.21. The van der Waals surface area contributed by atoms with E-state index in [4.69, 9.17) is 4.74 Å². The van der Waals surface area contributed by atoms with E-state index in [2.05, 4.69) is 4.98 Å². The smallest absolute Gasteiger partial charge is 0.306 e. The van der Waals surface area contributed by atoms with Crippen molar-refractivity contribution < 1.29 is 14.3 Å². The number of hydrogen-bond donors (Lipinski definition) is 0. The maximum atomic E-state index is 12.3. The van der Waals surface area contributed by atoms with Gasteiger partial charge in [-0.2, -0.15) is 0 Å². The summed E-state index contributed by atoms with van der Waals surface area (Å²) in [5.41, 5.74) is 3.79. The second kappa shape index (κ2) is 8.27. The highest BCUT2D eigenvalue weighted by Gasteiger charge is 2.40. The first-order valence-corrected chi connectivity index (χ1v) is 11.3. The molecule has 1 aromatic carbocycles. The molecule has 0 spiro atoms. The van der Waals surface area contributed by atoms with Gasteiger partial charge in [-0.05, 0) is 74.1 Å². The molecule has 1 heterocycles. The van der Waals surface area contributed by atoms with Crippen molar-refractivity contribution in [2.24, 2.45) is 17.8 Å². The summed E-state index contributed by atoms with van der Waals surface area (Å²) in [5, 5.41) is 2.46. The molecule has 5 nitrogen and oxygen atoms in total. The number of benzene rings is 1. The number of nitrogens with zero attached hydrogens (tertiary/aromatic N) is 2. The van der Waals surface area contributed by atoms with Crippen molar-refractivity contribution in [1.29, 1.82) is 0 Å². The van der Waals surface area contributed by atoms with Gasteiger partial charge in [0.1, 0.15) is 6.61 Å². The highest BCUT2D eigenvalue weighted by molar-refractivity contribution is 7.14. The molecule has 1 amide bonds. The van der Waals surface area contributed by atoms with Gasteiger partial charge in [-0.15, -0.1) is 11.3 Å². The van der Waals surface area contributed by atoms with Gasteiger partial charge in [0.15, 0.2) is 5.13 Å². The summed E-state index contributed by atoms with van der Waals surface area (Å²) in [6.45, 7) is 5.77. The number of thiazole rings is 1. The van der Waals surface area contributed by atoms with Gasteiger partial charge in [0, 0.05) is 18.7 Å². The summed E-state index contributed by atoms with van der Waals surface area (Å²) in [6, 6.07) is 5.93. The highest BCUT2D eigenvalue weighted by Crippen LogP contribution is 2.49. The molecule has 154 valence electrons. The molecule has 2 aliphatic carbocycles. The standard InChI is InChI=1S/C23H28N2O3S/c1-14-4-7-21(8-15(14)2)25(16(3)26)23-24-20(13-29-23)12-28-22(27)11-19-10-17-5-6-18(19)9-17/h4,7-8,13,17-19H,5-6,9-12H2,1-3H3/t17-,18+,19+/m0/s1. The maximum absolute atomic E-state index is 12.3. The van der Waals surface area contributed by atoms with Crippen LogP contribution in [0.1, 0.15) is 55.8 Å². The summed E-state index contributed by atoms with van der Waals surface area (Å²) in [7, 11) is 0. The third-order valence-electron chi connectivity index (χ3n) is 6.49. The number of carbonyl (C=O) groups is 2. The van der Waals surface area contributed by atoms with Gasteiger partial charge in [-0.1, -0.05) is 12.5 Å². The lowest BCUT2D eigenvalue weighted by molar-refractivity contribution is -0.146. The average Bonchev–Trinajstić information content (AvgIpc) is 3.40. The van der Waals surface area contributed by atoms with Crippen LogP contribution in [0.5, 0.6) is 0 Å². The van der Waals surface area contributed by atoms with Crippen molar-refractivity contribution in [1.82, 2.24) is 4.98 Å². The zero-order valence-electron chi connectivity index (χ0n) is 17.3. The van der Waals surface area contributed by atoms with Gasteiger partial charge in [0.05, 0.1) is 11.4 Å². The van der Waals surface area contributed by atoms with E-state index in [-0.39, 0.29) is 18.5 Å². The Morgan fingerprint density at radius 1 is 1.21 bits per heavy atom. The lowest BCUT2D eigenvalue weighted by Crippen LogP contribution is -2.22. The van der Waals surface area contributed by atoms with E-state index < -0.39 is 0 Å². The number of hydrogen-bond acceptors (Lipinski definition) is 5. The molecule has 2 aliphatic rings. The lowest BCUT2D eigenvalue weighted by atomic mass is 9.86. The predicted octanol–water partition coefficient (Wildman–Crippen LogP) is 5.31. The van der Waals surface area contributed by atoms with Gasteiger partial charge in [0.2, 0.25) is 5.91 Å². The molecule has 2 bridgehead atoms. The number of ether oxygens (including phenoxy) is 1. The molecule has 4 rings (SSSR count). The molecule has 2 saturated carbocycles. The zero-order valence-corrected chi connectivity index (χ0v) is 18.1. The monoisotopic (exact) mass is 412 g/mol. The summed E-state index contributed by atoms with van der Waals surface area (Å²) >= 11 is 1.39. The van der Waals surface area contributed by atoms with Crippen LogP contribution in [-0.4, -0.2) is 16.9 Å². The van der Waals surface area contributed by atoms with Crippen LogP contribution in [0.25, 0.3) is 0 Å². The normalized spacial score (nSPS) is 22.7. The SMILES string of the molecule is CC(=O)N(c1ccc(C)c(C)c1)c1nc(COC(=O)C[C@H]2C[C@H]3CC[C@@H]2C3)cs1. The minimum absolute atomic E-state index is 0.0950. The van der Waals surface area contributed by atoms with Gasteiger partial charge >= 0.3 is 5.97 Å². The summed E-state index contributed by atoms with van der Waals surface area (Å²) in [5.74, 6) is 1.84. The molecule has 1 aromatic heterocycles. The average molecular weight is 413 g/mol. The molecule has 2 fully saturated rings. The molecule has 0 unspecified atom stereocenters. The minimum atomic E-state index is -0.130. The molecular weight excluding hydrogens is 384 g/mol. The third kappa shape index (κ3) is 4.37. The molecule has 29 heavy (non-hydrogen) atoms. The molecule has 3 atom stereocenters. The van der Waals surface area contributed by atoms with E-state index in [1.54, 1.807) is 4.90 Å².